The number of allylic oxidation sites excluding steroid dienone is 1. The summed E-state index contributed by atoms with van der Waals surface area (Å²) in [6.07, 6.45) is 8.74. The van der Waals surface area contributed by atoms with E-state index in [9.17, 15) is 0 Å². The van der Waals surface area contributed by atoms with E-state index in [4.69, 9.17) is 0 Å². The number of hydrogen-bond donors (Lipinski definition) is 1. The molecule has 1 N–H and O–H groups in total. The van der Waals surface area contributed by atoms with Gasteiger partial charge in [-0.3, -0.25) is 4.99 Å². The van der Waals surface area contributed by atoms with Gasteiger partial charge in [0.2, 0.25) is 0 Å². The molecule has 0 aromatic carbocycles. The summed E-state index contributed by atoms with van der Waals surface area (Å²) in [6, 6.07) is 0. The molecule has 0 aliphatic rings. The van der Waals surface area contributed by atoms with Gasteiger partial charge in [-0.2, -0.15) is 0 Å². The van der Waals surface area contributed by atoms with Crippen LogP contribution in [0.25, 0.3) is 0 Å². The van der Waals surface area contributed by atoms with Crippen LogP contribution >= 0.6 is 11.3 Å². The van der Waals surface area contributed by atoms with Gasteiger partial charge in [0, 0.05) is 39.0 Å². The highest BCUT2D eigenvalue weighted by Gasteiger charge is 2.06. The van der Waals surface area contributed by atoms with Crippen LogP contribution in [0.1, 0.15) is 43.3 Å². The van der Waals surface area contributed by atoms with Gasteiger partial charge in [-0.15, -0.1) is 17.9 Å². The molecule has 22 heavy (non-hydrogen) atoms. The van der Waals surface area contributed by atoms with Crippen LogP contribution in [0, 0.1) is 0 Å². The van der Waals surface area contributed by atoms with Gasteiger partial charge in [0.05, 0.1) is 10.7 Å². The molecule has 1 heterocycles. The molecule has 0 saturated heterocycles. The summed E-state index contributed by atoms with van der Waals surface area (Å²) in [5.41, 5.74) is 1.18. The topological polar surface area (TPSA) is 40.5 Å². The summed E-state index contributed by atoms with van der Waals surface area (Å²) in [5, 5.41) is 6.80. The zero-order valence-corrected chi connectivity index (χ0v) is 15.1. The monoisotopic (exact) mass is 322 g/mol. The van der Waals surface area contributed by atoms with Gasteiger partial charge >= 0.3 is 0 Å². The molecule has 0 unspecified atom stereocenters. The summed E-state index contributed by atoms with van der Waals surface area (Å²) in [7, 11) is 3.94. The molecule has 0 radical (unpaired) electrons. The molecule has 0 aliphatic heterocycles. The Labute approximate surface area is 139 Å². The number of hydrogen-bond acceptors (Lipinski definition) is 3. The van der Waals surface area contributed by atoms with Crippen molar-refractivity contribution in [2.45, 2.75) is 45.4 Å². The Kier molecular flexibility index (Phi) is 9.55. The molecule has 5 heteroatoms. The van der Waals surface area contributed by atoms with Crippen LogP contribution in [0.4, 0.5) is 0 Å². The van der Waals surface area contributed by atoms with E-state index < -0.39 is 0 Å². The SMILES string of the molecule is C=CCCCCCN(C)C(=NC)NCCc1csc(CC)n1. The molecule has 124 valence electrons. The number of aryl methyl sites for hydroxylation is 1. The second-order valence-electron chi connectivity index (χ2n) is 5.37. The Morgan fingerprint density at radius 1 is 1.45 bits per heavy atom. The first-order valence-corrected chi connectivity index (χ1v) is 9.05. The van der Waals surface area contributed by atoms with E-state index in [0.29, 0.717) is 0 Å². The third-order valence-corrected chi connectivity index (χ3v) is 4.58. The molecule has 0 atom stereocenters. The summed E-state index contributed by atoms with van der Waals surface area (Å²) < 4.78 is 0. The van der Waals surface area contributed by atoms with Crippen LogP contribution in [-0.4, -0.2) is 43.0 Å². The normalized spacial score (nSPS) is 11.5. The minimum atomic E-state index is 0.875. The van der Waals surface area contributed by atoms with Crippen LogP contribution in [-0.2, 0) is 12.8 Å². The Balaban J connectivity index is 2.24. The van der Waals surface area contributed by atoms with E-state index in [1.54, 1.807) is 11.3 Å². The molecule has 0 aliphatic carbocycles. The Hall–Kier alpha value is -1.36. The van der Waals surface area contributed by atoms with Gasteiger partial charge < -0.3 is 10.2 Å². The van der Waals surface area contributed by atoms with Crippen molar-refractivity contribution in [3.63, 3.8) is 0 Å². The lowest BCUT2D eigenvalue weighted by Crippen LogP contribution is -2.40. The lowest BCUT2D eigenvalue weighted by atomic mass is 10.2. The number of aromatic nitrogens is 1. The highest BCUT2D eigenvalue weighted by molar-refractivity contribution is 7.09. The minimum Gasteiger partial charge on any atom is -0.356 e. The van der Waals surface area contributed by atoms with Crippen LogP contribution in [0.3, 0.4) is 0 Å². The predicted molar refractivity (Wildman–Crippen MR) is 97.9 cm³/mol. The van der Waals surface area contributed by atoms with Gasteiger partial charge in [-0.1, -0.05) is 19.4 Å². The fourth-order valence-electron chi connectivity index (χ4n) is 2.23. The third-order valence-electron chi connectivity index (χ3n) is 3.54. The predicted octanol–water partition coefficient (Wildman–Crippen LogP) is 3.50. The summed E-state index contributed by atoms with van der Waals surface area (Å²) in [5.74, 6) is 0.967. The van der Waals surface area contributed by atoms with Crippen molar-refractivity contribution in [1.82, 2.24) is 15.2 Å². The van der Waals surface area contributed by atoms with Crippen LogP contribution in [0.2, 0.25) is 0 Å². The first-order chi connectivity index (χ1) is 10.7. The molecular weight excluding hydrogens is 292 g/mol. The summed E-state index contributed by atoms with van der Waals surface area (Å²) in [4.78, 5) is 11.1. The van der Waals surface area contributed by atoms with Crippen molar-refractivity contribution in [3.05, 3.63) is 28.7 Å². The lowest BCUT2D eigenvalue weighted by Gasteiger charge is -2.21. The highest BCUT2D eigenvalue weighted by Crippen LogP contribution is 2.10. The molecule has 0 amide bonds. The molecule has 0 bridgehead atoms. The maximum absolute atomic E-state index is 4.59. The van der Waals surface area contributed by atoms with Crippen molar-refractivity contribution < 1.29 is 0 Å². The van der Waals surface area contributed by atoms with E-state index in [2.05, 4.69) is 46.1 Å². The zero-order chi connectivity index (χ0) is 16.2. The molecule has 1 aromatic rings. The molecule has 0 fully saturated rings. The number of aliphatic imine (C=N–C) groups is 1. The van der Waals surface area contributed by atoms with Gasteiger partial charge in [0.25, 0.3) is 0 Å². The molecule has 4 nitrogen and oxygen atoms in total. The van der Waals surface area contributed by atoms with Gasteiger partial charge in [0.1, 0.15) is 0 Å². The Bertz CT molecular complexity index is 453. The quantitative estimate of drug-likeness (QED) is 0.310. The van der Waals surface area contributed by atoms with E-state index >= 15 is 0 Å². The van der Waals surface area contributed by atoms with Crippen molar-refractivity contribution in [2.75, 3.05) is 27.2 Å². The van der Waals surface area contributed by atoms with Crippen molar-refractivity contribution in [1.29, 1.82) is 0 Å². The van der Waals surface area contributed by atoms with E-state index in [-0.39, 0.29) is 0 Å². The Morgan fingerprint density at radius 2 is 2.27 bits per heavy atom. The highest BCUT2D eigenvalue weighted by atomic mass is 32.1. The fourth-order valence-corrected chi connectivity index (χ4v) is 3.01. The molecule has 0 spiro atoms. The van der Waals surface area contributed by atoms with Crippen molar-refractivity contribution in [2.24, 2.45) is 4.99 Å². The minimum absolute atomic E-state index is 0.875. The Morgan fingerprint density at radius 3 is 2.91 bits per heavy atom. The maximum atomic E-state index is 4.59. The number of rotatable bonds is 10. The summed E-state index contributed by atoms with van der Waals surface area (Å²) >= 11 is 1.75. The molecular formula is C17H30N4S. The van der Waals surface area contributed by atoms with Crippen molar-refractivity contribution in [3.8, 4) is 0 Å². The first kappa shape index (κ1) is 18.7. The molecule has 1 aromatic heterocycles. The van der Waals surface area contributed by atoms with E-state index in [1.807, 2.05) is 13.1 Å². The average Bonchev–Trinajstić information content (AvgIpc) is 2.99. The van der Waals surface area contributed by atoms with E-state index in [1.165, 1.54) is 30.0 Å². The molecule has 0 saturated carbocycles. The second kappa shape index (κ2) is 11.2. The number of unbranched alkanes of at least 4 members (excludes halogenated alkanes) is 3. The van der Waals surface area contributed by atoms with Crippen LogP contribution < -0.4 is 5.32 Å². The van der Waals surface area contributed by atoms with Crippen LogP contribution in [0.15, 0.2) is 23.0 Å². The molecule has 1 rings (SSSR count). The first-order valence-electron chi connectivity index (χ1n) is 8.17. The van der Waals surface area contributed by atoms with Gasteiger partial charge in [-0.05, 0) is 25.7 Å². The van der Waals surface area contributed by atoms with E-state index in [0.717, 1.165) is 38.3 Å². The largest absolute Gasteiger partial charge is 0.356 e. The van der Waals surface area contributed by atoms with Crippen molar-refractivity contribution >= 4 is 17.3 Å². The second-order valence-corrected chi connectivity index (χ2v) is 6.31. The zero-order valence-electron chi connectivity index (χ0n) is 14.3. The fraction of sp³-hybridized carbons (Fsp3) is 0.647. The lowest BCUT2D eigenvalue weighted by molar-refractivity contribution is 0.455. The number of nitrogens with zero attached hydrogens (tertiary/aromatic N) is 3. The smallest absolute Gasteiger partial charge is 0.193 e. The van der Waals surface area contributed by atoms with Gasteiger partial charge in [0.15, 0.2) is 5.96 Å². The van der Waals surface area contributed by atoms with Gasteiger partial charge in [-0.25, -0.2) is 4.98 Å². The number of thiazole rings is 1. The maximum Gasteiger partial charge on any atom is 0.193 e. The standard InChI is InChI=1S/C17H30N4S/c1-5-7-8-9-10-13-21(4)17(18-3)19-12-11-15-14-22-16(6-2)20-15/h5,14H,1,6-13H2,2-4H3,(H,18,19). The summed E-state index contributed by atoms with van der Waals surface area (Å²) in [6.45, 7) is 7.81. The van der Waals surface area contributed by atoms with Crippen LogP contribution in [0.5, 0.6) is 0 Å². The third kappa shape index (κ3) is 7.07. The average molecular weight is 323 g/mol. The number of guanidine groups is 1. The number of nitrogens with one attached hydrogen (secondary N) is 1.